The minimum absolute atomic E-state index is 0.300. The fourth-order valence-electron chi connectivity index (χ4n) is 1.69. The SMILES string of the molecule is Cc1cccc(NC(=S)NNC(=S)Nc2ccc(F)cc2)c1. The number of rotatable bonds is 2. The zero-order chi connectivity index (χ0) is 15.9. The Morgan fingerprint density at radius 1 is 0.864 bits per heavy atom. The van der Waals surface area contributed by atoms with Crippen molar-refractivity contribution in [2.24, 2.45) is 0 Å². The Hall–Kier alpha value is -2.25. The number of halogens is 1. The molecule has 0 fully saturated rings. The molecular formula is C15H15FN4S2. The van der Waals surface area contributed by atoms with Crippen LogP contribution in [0.1, 0.15) is 5.56 Å². The van der Waals surface area contributed by atoms with Crippen LogP contribution in [0.5, 0.6) is 0 Å². The van der Waals surface area contributed by atoms with E-state index < -0.39 is 0 Å². The van der Waals surface area contributed by atoms with Crippen LogP contribution in [0, 0.1) is 12.7 Å². The molecule has 114 valence electrons. The van der Waals surface area contributed by atoms with Gasteiger partial charge in [0.15, 0.2) is 10.2 Å². The maximum atomic E-state index is 12.8. The van der Waals surface area contributed by atoms with Crippen molar-refractivity contribution in [3.05, 3.63) is 59.9 Å². The van der Waals surface area contributed by atoms with Gasteiger partial charge in [0, 0.05) is 11.4 Å². The molecule has 4 nitrogen and oxygen atoms in total. The van der Waals surface area contributed by atoms with E-state index in [2.05, 4.69) is 21.5 Å². The minimum atomic E-state index is -0.300. The van der Waals surface area contributed by atoms with Gasteiger partial charge in [0.25, 0.3) is 0 Å². The molecule has 0 bridgehead atoms. The summed E-state index contributed by atoms with van der Waals surface area (Å²) in [7, 11) is 0. The quantitative estimate of drug-likeness (QED) is 0.499. The molecule has 0 heterocycles. The summed E-state index contributed by atoms with van der Waals surface area (Å²) < 4.78 is 12.8. The third-order valence-electron chi connectivity index (χ3n) is 2.67. The van der Waals surface area contributed by atoms with Crippen LogP contribution in [-0.2, 0) is 0 Å². The van der Waals surface area contributed by atoms with Crippen molar-refractivity contribution in [2.75, 3.05) is 10.6 Å². The molecule has 0 saturated carbocycles. The molecule has 2 aromatic rings. The predicted octanol–water partition coefficient (Wildman–Crippen LogP) is 3.32. The number of hydrazine groups is 1. The number of benzene rings is 2. The highest BCUT2D eigenvalue weighted by molar-refractivity contribution is 7.81. The first kappa shape index (κ1) is 16.1. The molecule has 0 atom stereocenters. The van der Waals surface area contributed by atoms with Gasteiger partial charge in [-0.1, -0.05) is 12.1 Å². The van der Waals surface area contributed by atoms with E-state index in [1.54, 1.807) is 12.1 Å². The number of thiocarbonyl (C=S) groups is 2. The summed E-state index contributed by atoms with van der Waals surface area (Å²) in [6.45, 7) is 2.00. The van der Waals surface area contributed by atoms with Crippen molar-refractivity contribution in [3.63, 3.8) is 0 Å². The summed E-state index contributed by atoms with van der Waals surface area (Å²) in [5, 5.41) is 6.63. The first-order valence-electron chi connectivity index (χ1n) is 6.49. The van der Waals surface area contributed by atoms with Gasteiger partial charge in [-0.05, 0) is 73.3 Å². The molecule has 2 rings (SSSR count). The van der Waals surface area contributed by atoms with Gasteiger partial charge >= 0.3 is 0 Å². The standard InChI is InChI=1S/C15H15FN4S2/c1-10-3-2-4-13(9-10)18-15(22)20-19-14(21)17-12-7-5-11(16)6-8-12/h2-9H,1H3,(H2,17,19,21)(H2,18,20,22). The fraction of sp³-hybridized carbons (Fsp3) is 0.0667. The van der Waals surface area contributed by atoms with Crippen LogP contribution in [0.25, 0.3) is 0 Å². The monoisotopic (exact) mass is 334 g/mol. The largest absolute Gasteiger partial charge is 0.331 e. The normalized spacial score (nSPS) is 9.73. The van der Waals surface area contributed by atoms with Crippen LogP contribution >= 0.6 is 24.4 Å². The van der Waals surface area contributed by atoms with Gasteiger partial charge in [0.2, 0.25) is 0 Å². The Labute approximate surface area is 139 Å². The Balaban J connectivity index is 1.78. The molecule has 0 aromatic heterocycles. The summed E-state index contributed by atoms with van der Waals surface area (Å²) in [6, 6.07) is 13.7. The van der Waals surface area contributed by atoms with Crippen molar-refractivity contribution >= 4 is 46.0 Å². The molecule has 0 aliphatic rings. The maximum Gasteiger partial charge on any atom is 0.189 e. The van der Waals surface area contributed by atoms with Crippen molar-refractivity contribution in [1.82, 2.24) is 10.9 Å². The van der Waals surface area contributed by atoms with Gasteiger partial charge < -0.3 is 10.6 Å². The van der Waals surface area contributed by atoms with E-state index in [4.69, 9.17) is 24.4 Å². The van der Waals surface area contributed by atoms with Gasteiger partial charge in [0.1, 0.15) is 5.82 Å². The summed E-state index contributed by atoms with van der Waals surface area (Å²) in [5.74, 6) is -0.300. The van der Waals surface area contributed by atoms with E-state index in [0.717, 1.165) is 11.3 Å². The van der Waals surface area contributed by atoms with Crippen molar-refractivity contribution in [1.29, 1.82) is 0 Å². The Bertz CT molecular complexity index is 673. The third kappa shape index (κ3) is 5.27. The highest BCUT2D eigenvalue weighted by atomic mass is 32.1. The van der Waals surface area contributed by atoms with Crippen molar-refractivity contribution in [3.8, 4) is 0 Å². The molecule has 0 aliphatic carbocycles. The van der Waals surface area contributed by atoms with Crippen LogP contribution in [0.2, 0.25) is 0 Å². The van der Waals surface area contributed by atoms with E-state index in [1.807, 2.05) is 31.2 Å². The van der Waals surface area contributed by atoms with Gasteiger partial charge in [-0.15, -0.1) is 0 Å². The average Bonchev–Trinajstić information content (AvgIpc) is 2.48. The lowest BCUT2D eigenvalue weighted by atomic mass is 10.2. The molecule has 2 aromatic carbocycles. The smallest absolute Gasteiger partial charge is 0.189 e. The summed E-state index contributed by atoms with van der Waals surface area (Å²) >= 11 is 10.3. The lowest BCUT2D eigenvalue weighted by molar-refractivity contribution is 0.628. The Morgan fingerprint density at radius 3 is 2.05 bits per heavy atom. The summed E-state index contributed by atoms with van der Waals surface area (Å²) in [4.78, 5) is 0. The Morgan fingerprint density at radius 2 is 1.45 bits per heavy atom. The molecule has 0 spiro atoms. The Kier molecular flexibility index (Phi) is 5.62. The second-order valence-corrected chi connectivity index (χ2v) is 5.35. The van der Waals surface area contributed by atoms with Crippen LogP contribution in [0.3, 0.4) is 0 Å². The number of anilines is 2. The van der Waals surface area contributed by atoms with Crippen LogP contribution in [0.15, 0.2) is 48.5 Å². The topological polar surface area (TPSA) is 48.1 Å². The number of hydrogen-bond donors (Lipinski definition) is 4. The predicted molar refractivity (Wildman–Crippen MR) is 96.3 cm³/mol. The first-order valence-corrected chi connectivity index (χ1v) is 7.31. The maximum absolute atomic E-state index is 12.8. The second kappa shape index (κ2) is 7.67. The number of nitrogens with one attached hydrogen (secondary N) is 4. The zero-order valence-electron chi connectivity index (χ0n) is 11.8. The molecular weight excluding hydrogens is 319 g/mol. The molecule has 0 saturated heterocycles. The highest BCUT2D eigenvalue weighted by Gasteiger charge is 2.00. The lowest BCUT2D eigenvalue weighted by Crippen LogP contribution is -2.45. The first-order chi connectivity index (χ1) is 10.5. The molecule has 0 unspecified atom stereocenters. The molecule has 0 amide bonds. The van der Waals surface area contributed by atoms with Gasteiger partial charge in [-0.2, -0.15) is 0 Å². The fourth-order valence-corrected chi connectivity index (χ4v) is 2.03. The second-order valence-electron chi connectivity index (χ2n) is 4.53. The van der Waals surface area contributed by atoms with Gasteiger partial charge in [-0.25, -0.2) is 4.39 Å². The highest BCUT2D eigenvalue weighted by Crippen LogP contribution is 2.09. The zero-order valence-corrected chi connectivity index (χ0v) is 13.4. The number of hydrogen-bond acceptors (Lipinski definition) is 2. The van der Waals surface area contributed by atoms with Crippen molar-refractivity contribution in [2.45, 2.75) is 6.92 Å². The van der Waals surface area contributed by atoms with Crippen LogP contribution in [-0.4, -0.2) is 10.2 Å². The number of aryl methyl sites for hydroxylation is 1. The van der Waals surface area contributed by atoms with E-state index >= 15 is 0 Å². The van der Waals surface area contributed by atoms with Gasteiger partial charge in [-0.3, -0.25) is 10.9 Å². The lowest BCUT2D eigenvalue weighted by Gasteiger charge is -2.14. The molecule has 4 N–H and O–H groups in total. The van der Waals surface area contributed by atoms with Gasteiger partial charge in [0.05, 0.1) is 0 Å². The third-order valence-corrected chi connectivity index (χ3v) is 3.08. The summed E-state index contributed by atoms with van der Waals surface area (Å²) in [5.41, 5.74) is 8.23. The van der Waals surface area contributed by atoms with Crippen LogP contribution in [0.4, 0.5) is 15.8 Å². The van der Waals surface area contributed by atoms with E-state index in [0.29, 0.717) is 15.9 Å². The summed E-state index contributed by atoms with van der Waals surface area (Å²) in [6.07, 6.45) is 0. The average molecular weight is 334 g/mol. The minimum Gasteiger partial charge on any atom is -0.331 e. The molecule has 7 heteroatoms. The van der Waals surface area contributed by atoms with Crippen molar-refractivity contribution < 1.29 is 4.39 Å². The van der Waals surface area contributed by atoms with E-state index in [9.17, 15) is 4.39 Å². The molecule has 0 radical (unpaired) electrons. The molecule has 22 heavy (non-hydrogen) atoms. The van der Waals surface area contributed by atoms with E-state index in [-0.39, 0.29) is 5.82 Å². The molecule has 0 aliphatic heterocycles. The van der Waals surface area contributed by atoms with Crippen LogP contribution < -0.4 is 21.5 Å². The van der Waals surface area contributed by atoms with E-state index in [1.165, 1.54) is 12.1 Å².